The van der Waals surface area contributed by atoms with Gasteiger partial charge in [0.25, 0.3) is 0 Å². The molecule has 0 aromatic carbocycles. The Morgan fingerprint density at radius 1 is 1.73 bits per heavy atom. The molecule has 0 radical (unpaired) electrons. The van der Waals surface area contributed by atoms with Crippen LogP contribution >= 0.6 is 0 Å². The second-order valence-electron chi connectivity index (χ2n) is 3.04. The molecule has 1 fully saturated rings. The molecule has 1 atom stereocenters. The van der Waals surface area contributed by atoms with Crippen molar-refractivity contribution in [1.82, 2.24) is 4.90 Å². The van der Waals surface area contributed by atoms with Crippen LogP contribution in [0.5, 0.6) is 0 Å². The van der Waals surface area contributed by atoms with Crippen LogP contribution < -0.4 is 0 Å². The summed E-state index contributed by atoms with van der Waals surface area (Å²) in [6.07, 6.45) is 5.11. The SMILES string of the molecule is CN1CCCC1CCN=C=O. The maximum Gasteiger partial charge on any atom is 0.234 e. The molecule has 3 heteroatoms. The van der Waals surface area contributed by atoms with Gasteiger partial charge in [-0.3, -0.25) is 0 Å². The van der Waals surface area contributed by atoms with Crippen LogP contribution in [0.4, 0.5) is 0 Å². The van der Waals surface area contributed by atoms with Gasteiger partial charge in [0.05, 0.1) is 6.54 Å². The van der Waals surface area contributed by atoms with Crippen molar-refractivity contribution in [2.24, 2.45) is 4.99 Å². The Bertz CT molecular complexity index is 163. The van der Waals surface area contributed by atoms with Gasteiger partial charge in [0.1, 0.15) is 0 Å². The van der Waals surface area contributed by atoms with Crippen molar-refractivity contribution in [3.05, 3.63) is 0 Å². The molecule has 1 aliphatic heterocycles. The fourth-order valence-electron chi connectivity index (χ4n) is 1.60. The van der Waals surface area contributed by atoms with Crippen molar-refractivity contribution in [3.63, 3.8) is 0 Å². The molecule has 0 spiro atoms. The highest BCUT2D eigenvalue weighted by atomic mass is 16.1. The van der Waals surface area contributed by atoms with E-state index in [9.17, 15) is 4.79 Å². The number of carbonyl (C=O) groups excluding carboxylic acids is 1. The number of aliphatic imine (C=N–C) groups is 1. The Morgan fingerprint density at radius 2 is 2.55 bits per heavy atom. The molecule has 0 aromatic heterocycles. The van der Waals surface area contributed by atoms with Crippen LogP contribution in [0.1, 0.15) is 19.3 Å². The average molecular weight is 154 g/mol. The summed E-state index contributed by atoms with van der Waals surface area (Å²) in [5.41, 5.74) is 0. The van der Waals surface area contributed by atoms with E-state index in [0.29, 0.717) is 12.6 Å². The number of isocyanates is 1. The number of nitrogens with zero attached hydrogens (tertiary/aromatic N) is 2. The summed E-state index contributed by atoms with van der Waals surface area (Å²) in [6.45, 7) is 1.83. The highest BCUT2D eigenvalue weighted by Crippen LogP contribution is 2.17. The molecule has 0 aliphatic carbocycles. The van der Waals surface area contributed by atoms with Crippen LogP contribution in [0.2, 0.25) is 0 Å². The molecule has 1 saturated heterocycles. The second kappa shape index (κ2) is 4.27. The third-order valence-electron chi connectivity index (χ3n) is 2.31. The Balaban J connectivity index is 2.20. The van der Waals surface area contributed by atoms with Crippen molar-refractivity contribution < 1.29 is 4.79 Å². The van der Waals surface area contributed by atoms with E-state index in [1.165, 1.54) is 19.4 Å². The zero-order valence-electron chi connectivity index (χ0n) is 6.92. The van der Waals surface area contributed by atoms with Gasteiger partial charge in [-0.15, -0.1) is 0 Å². The van der Waals surface area contributed by atoms with Gasteiger partial charge in [-0.25, -0.2) is 9.79 Å². The van der Waals surface area contributed by atoms with Crippen molar-refractivity contribution >= 4 is 6.08 Å². The van der Waals surface area contributed by atoms with E-state index in [2.05, 4.69) is 16.9 Å². The molecule has 1 unspecified atom stereocenters. The minimum Gasteiger partial charge on any atom is -0.303 e. The van der Waals surface area contributed by atoms with Gasteiger partial charge in [-0.2, -0.15) is 0 Å². The fraction of sp³-hybridized carbons (Fsp3) is 0.875. The summed E-state index contributed by atoms with van der Waals surface area (Å²) in [6, 6.07) is 0.645. The molecule has 0 amide bonds. The predicted molar refractivity (Wildman–Crippen MR) is 43.3 cm³/mol. The first-order chi connectivity index (χ1) is 5.34. The largest absolute Gasteiger partial charge is 0.303 e. The summed E-state index contributed by atoms with van der Waals surface area (Å²) >= 11 is 0. The van der Waals surface area contributed by atoms with Crippen LogP contribution in [-0.4, -0.2) is 37.2 Å². The molecule has 11 heavy (non-hydrogen) atoms. The van der Waals surface area contributed by atoms with Crippen molar-refractivity contribution in [3.8, 4) is 0 Å². The predicted octanol–water partition coefficient (Wildman–Crippen LogP) is 0.806. The van der Waals surface area contributed by atoms with E-state index >= 15 is 0 Å². The highest BCUT2D eigenvalue weighted by molar-refractivity contribution is 5.32. The summed E-state index contributed by atoms with van der Waals surface area (Å²) in [5, 5.41) is 0. The minimum atomic E-state index is 0.637. The quantitative estimate of drug-likeness (QED) is 0.445. The first-order valence-corrected chi connectivity index (χ1v) is 4.08. The molecule has 1 rings (SSSR count). The highest BCUT2D eigenvalue weighted by Gasteiger charge is 2.19. The van der Waals surface area contributed by atoms with Crippen LogP contribution in [0, 0.1) is 0 Å². The lowest BCUT2D eigenvalue weighted by Crippen LogP contribution is -2.25. The molecule has 1 heterocycles. The van der Waals surface area contributed by atoms with Gasteiger partial charge in [0.2, 0.25) is 6.08 Å². The van der Waals surface area contributed by atoms with Crippen LogP contribution in [0.15, 0.2) is 4.99 Å². The molecule has 0 bridgehead atoms. The van der Waals surface area contributed by atoms with Crippen LogP contribution in [0.3, 0.4) is 0 Å². The molecule has 1 aliphatic rings. The van der Waals surface area contributed by atoms with Crippen molar-refractivity contribution in [2.75, 3.05) is 20.1 Å². The van der Waals surface area contributed by atoms with E-state index < -0.39 is 0 Å². The van der Waals surface area contributed by atoms with Crippen molar-refractivity contribution in [1.29, 1.82) is 0 Å². The molecule has 0 aromatic rings. The lowest BCUT2D eigenvalue weighted by Gasteiger charge is -2.17. The smallest absolute Gasteiger partial charge is 0.234 e. The third kappa shape index (κ3) is 2.45. The Kier molecular flexibility index (Phi) is 3.27. The standard InChI is InChI=1S/C8H14N2O/c1-10-6-2-3-8(10)4-5-9-7-11/h8H,2-6H2,1H3. The first kappa shape index (κ1) is 8.44. The Morgan fingerprint density at radius 3 is 3.09 bits per heavy atom. The zero-order chi connectivity index (χ0) is 8.10. The van der Waals surface area contributed by atoms with E-state index in [0.717, 1.165) is 6.42 Å². The maximum absolute atomic E-state index is 9.75. The van der Waals surface area contributed by atoms with Crippen molar-refractivity contribution in [2.45, 2.75) is 25.3 Å². The summed E-state index contributed by atoms with van der Waals surface area (Å²) in [5.74, 6) is 0. The lowest BCUT2D eigenvalue weighted by atomic mass is 10.1. The van der Waals surface area contributed by atoms with Gasteiger partial charge in [-0.1, -0.05) is 0 Å². The molecule has 0 saturated carbocycles. The first-order valence-electron chi connectivity index (χ1n) is 4.08. The van der Waals surface area contributed by atoms with E-state index in [1.807, 2.05) is 0 Å². The topological polar surface area (TPSA) is 32.7 Å². The summed E-state index contributed by atoms with van der Waals surface area (Å²) < 4.78 is 0. The Labute approximate surface area is 67.1 Å². The lowest BCUT2D eigenvalue weighted by molar-refractivity contribution is 0.299. The number of likely N-dealkylation sites (tertiary alicyclic amines) is 1. The van der Waals surface area contributed by atoms with E-state index in [4.69, 9.17) is 0 Å². The number of hydrogen-bond acceptors (Lipinski definition) is 3. The van der Waals surface area contributed by atoms with Gasteiger partial charge >= 0.3 is 0 Å². The number of rotatable bonds is 3. The average Bonchev–Trinajstić information content (AvgIpc) is 2.37. The molecule has 3 nitrogen and oxygen atoms in total. The van der Waals surface area contributed by atoms with Gasteiger partial charge < -0.3 is 4.90 Å². The molecule has 62 valence electrons. The van der Waals surface area contributed by atoms with E-state index in [1.54, 1.807) is 6.08 Å². The normalized spacial score (nSPS) is 25.0. The summed E-state index contributed by atoms with van der Waals surface area (Å²) in [7, 11) is 2.13. The fourth-order valence-corrected chi connectivity index (χ4v) is 1.60. The van der Waals surface area contributed by atoms with Gasteiger partial charge in [0, 0.05) is 6.04 Å². The second-order valence-corrected chi connectivity index (χ2v) is 3.04. The zero-order valence-corrected chi connectivity index (χ0v) is 6.92. The molecular formula is C8H14N2O. The Hall–Kier alpha value is -0.660. The number of hydrogen-bond donors (Lipinski definition) is 0. The van der Waals surface area contributed by atoms with E-state index in [-0.39, 0.29) is 0 Å². The van der Waals surface area contributed by atoms with Crippen LogP contribution in [-0.2, 0) is 4.79 Å². The van der Waals surface area contributed by atoms with Crippen LogP contribution in [0.25, 0.3) is 0 Å². The molecular weight excluding hydrogens is 140 g/mol. The third-order valence-corrected chi connectivity index (χ3v) is 2.31. The van der Waals surface area contributed by atoms with Gasteiger partial charge in [-0.05, 0) is 32.9 Å². The monoisotopic (exact) mass is 154 g/mol. The van der Waals surface area contributed by atoms with Gasteiger partial charge in [0.15, 0.2) is 0 Å². The minimum absolute atomic E-state index is 0.637. The molecule has 0 N–H and O–H groups in total. The summed E-state index contributed by atoms with van der Waals surface area (Å²) in [4.78, 5) is 15.6. The maximum atomic E-state index is 9.75.